The third-order valence-electron chi connectivity index (χ3n) is 2.77. The van der Waals surface area contributed by atoms with Gasteiger partial charge in [-0.25, -0.2) is 4.68 Å². The van der Waals surface area contributed by atoms with Crippen molar-refractivity contribution in [1.82, 2.24) is 25.1 Å². The lowest BCUT2D eigenvalue weighted by Crippen LogP contribution is -2.14. The Hall–Kier alpha value is -1.92. The zero-order chi connectivity index (χ0) is 14.2. The molecule has 2 aromatic rings. The number of anilines is 1. The molecule has 0 spiro atoms. The molecule has 0 aromatic carbocycles. The van der Waals surface area contributed by atoms with E-state index < -0.39 is 0 Å². The molecule has 19 heavy (non-hydrogen) atoms. The summed E-state index contributed by atoms with van der Waals surface area (Å²) in [7, 11) is 0. The lowest BCUT2D eigenvalue weighted by atomic mass is 9.96. The van der Waals surface area contributed by atoms with E-state index in [2.05, 4.69) is 20.5 Å². The lowest BCUT2D eigenvalue weighted by Gasteiger charge is -2.11. The summed E-state index contributed by atoms with van der Waals surface area (Å²) in [6.45, 7) is 10.6. The highest BCUT2D eigenvalue weighted by molar-refractivity contribution is 5.35. The van der Waals surface area contributed by atoms with Crippen LogP contribution in [0.3, 0.4) is 0 Å². The van der Waals surface area contributed by atoms with Gasteiger partial charge in [-0.2, -0.15) is 4.98 Å². The lowest BCUT2D eigenvalue weighted by molar-refractivity contribution is 0.350. The van der Waals surface area contributed by atoms with E-state index in [-0.39, 0.29) is 11.3 Å². The first kappa shape index (κ1) is 13.5. The molecule has 0 bridgehead atoms. The van der Waals surface area contributed by atoms with Crippen molar-refractivity contribution in [2.45, 2.75) is 52.5 Å². The van der Waals surface area contributed by atoms with Crippen molar-refractivity contribution in [3.05, 3.63) is 17.4 Å². The van der Waals surface area contributed by atoms with Crippen molar-refractivity contribution in [2.24, 2.45) is 0 Å². The summed E-state index contributed by atoms with van der Waals surface area (Å²) >= 11 is 0. The number of nitrogens with zero attached hydrogens (tertiary/aromatic N) is 5. The summed E-state index contributed by atoms with van der Waals surface area (Å²) in [4.78, 5) is 4.38. The van der Waals surface area contributed by atoms with Crippen LogP contribution in [0.5, 0.6) is 0 Å². The molecule has 104 valence electrons. The van der Waals surface area contributed by atoms with Crippen LogP contribution in [-0.4, -0.2) is 25.1 Å². The minimum atomic E-state index is -0.135. The Morgan fingerprint density at radius 3 is 2.53 bits per heavy atom. The first-order valence-corrected chi connectivity index (χ1v) is 6.31. The summed E-state index contributed by atoms with van der Waals surface area (Å²) in [5.41, 5.74) is 6.56. The molecule has 0 fully saturated rings. The van der Waals surface area contributed by atoms with E-state index in [0.717, 1.165) is 5.69 Å². The van der Waals surface area contributed by atoms with E-state index in [1.165, 1.54) is 0 Å². The molecule has 2 N–H and O–H groups in total. The molecule has 7 nitrogen and oxygen atoms in total. The van der Waals surface area contributed by atoms with Gasteiger partial charge < -0.3 is 10.3 Å². The van der Waals surface area contributed by atoms with Crippen LogP contribution in [0, 0.1) is 0 Å². The van der Waals surface area contributed by atoms with E-state index in [9.17, 15) is 0 Å². The average molecular weight is 264 g/mol. The van der Waals surface area contributed by atoms with E-state index in [1.807, 2.05) is 34.6 Å². The van der Waals surface area contributed by atoms with Gasteiger partial charge in [-0.05, 0) is 5.92 Å². The van der Waals surface area contributed by atoms with Gasteiger partial charge >= 0.3 is 0 Å². The first-order valence-electron chi connectivity index (χ1n) is 6.31. The van der Waals surface area contributed by atoms with Crippen LogP contribution in [0.15, 0.2) is 4.52 Å². The van der Waals surface area contributed by atoms with E-state index in [0.29, 0.717) is 24.1 Å². The molecule has 2 aromatic heterocycles. The molecule has 0 aliphatic carbocycles. The Morgan fingerprint density at radius 2 is 2.00 bits per heavy atom. The summed E-state index contributed by atoms with van der Waals surface area (Å²) in [5, 5.41) is 11.9. The second-order valence-corrected chi connectivity index (χ2v) is 5.93. The van der Waals surface area contributed by atoms with Crippen molar-refractivity contribution in [3.8, 4) is 0 Å². The number of rotatable bonds is 3. The largest absolute Gasteiger partial charge is 0.381 e. The maximum absolute atomic E-state index is 5.81. The van der Waals surface area contributed by atoms with Gasteiger partial charge in [0.25, 0.3) is 0 Å². The van der Waals surface area contributed by atoms with Crippen molar-refractivity contribution in [2.75, 3.05) is 5.73 Å². The van der Waals surface area contributed by atoms with Crippen molar-refractivity contribution < 1.29 is 4.52 Å². The zero-order valence-electron chi connectivity index (χ0n) is 12.0. The van der Waals surface area contributed by atoms with Crippen LogP contribution in [0.1, 0.15) is 57.9 Å². The highest BCUT2D eigenvalue weighted by Crippen LogP contribution is 2.21. The molecule has 0 aliphatic rings. The fourth-order valence-corrected chi connectivity index (χ4v) is 1.80. The minimum Gasteiger partial charge on any atom is -0.381 e. The summed E-state index contributed by atoms with van der Waals surface area (Å²) in [5.74, 6) is 1.88. The number of hydrogen-bond acceptors (Lipinski definition) is 6. The minimum absolute atomic E-state index is 0.135. The van der Waals surface area contributed by atoms with Gasteiger partial charge in [0.1, 0.15) is 6.54 Å². The van der Waals surface area contributed by atoms with Crippen LogP contribution < -0.4 is 5.73 Å². The number of nitrogens with two attached hydrogens (primary N) is 1. The van der Waals surface area contributed by atoms with Gasteiger partial charge in [0.2, 0.25) is 5.89 Å². The Morgan fingerprint density at radius 1 is 1.32 bits per heavy atom. The van der Waals surface area contributed by atoms with Gasteiger partial charge in [0, 0.05) is 5.41 Å². The van der Waals surface area contributed by atoms with Gasteiger partial charge in [-0.1, -0.05) is 45.0 Å². The van der Waals surface area contributed by atoms with Gasteiger partial charge in [-0.3, -0.25) is 0 Å². The standard InChI is InChI=1S/C12H20N6O/c1-7(2)9-10(13)15-17-18(9)6-8-14-11(16-19-8)12(3,4)5/h7H,6,13H2,1-5H3. The summed E-state index contributed by atoms with van der Waals surface area (Å²) < 4.78 is 6.96. The molecule has 2 heterocycles. The normalized spacial score (nSPS) is 12.3. The molecular weight excluding hydrogens is 244 g/mol. The highest BCUT2D eigenvalue weighted by atomic mass is 16.5. The Labute approximate surface area is 112 Å². The van der Waals surface area contributed by atoms with Crippen LogP contribution in [0.25, 0.3) is 0 Å². The van der Waals surface area contributed by atoms with Gasteiger partial charge in [0.15, 0.2) is 11.6 Å². The zero-order valence-corrected chi connectivity index (χ0v) is 12.0. The average Bonchev–Trinajstić information content (AvgIpc) is 2.85. The van der Waals surface area contributed by atoms with Crippen molar-refractivity contribution >= 4 is 5.82 Å². The molecule has 0 radical (unpaired) electrons. The SMILES string of the molecule is CC(C)c1c(N)nnn1Cc1nc(C(C)(C)C)no1. The Balaban J connectivity index is 2.25. The quantitative estimate of drug-likeness (QED) is 0.906. The van der Waals surface area contributed by atoms with E-state index in [1.54, 1.807) is 4.68 Å². The number of hydrogen-bond donors (Lipinski definition) is 1. The maximum atomic E-state index is 5.81. The topological polar surface area (TPSA) is 95.7 Å². The fraction of sp³-hybridized carbons (Fsp3) is 0.667. The van der Waals surface area contributed by atoms with E-state index in [4.69, 9.17) is 10.3 Å². The Bertz CT molecular complexity index is 563. The molecule has 0 amide bonds. The number of aromatic nitrogens is 5. The molecule has 7 heteroatoms. The van der Waals surface area contributed by atoms with Crippen LogP contribution in [0.4, 0.5) is 5.82 Å². The smallest absolute Gasteiger partial charge is 0.248 e. The molecule has 0 atom stereocenters. The van der Waals surface area contributed by atoms with Crippen LogP contribution in [-0.2, 0) is 12.0 Å². The predicted molar refractivity (Wildman–Crippen MR) is 70.6 cm³/mol. The highest BCUT2D eigenvalue weighted by Gasteiger charge is 2.22. The van der Waals surface area contributed by atoms with Crippen LogP contribution >= 0.6 is 0 Å². The van der Waals surface area contributed by atoms with Crippen molar-refractivity contribution in [3.63, 3.8) is 0 Å². The molecule has 0 unspecified atom stereocenters. The van der Waals surface area contributed by atoms with Crippen LogP contribution in [0.2, 0.25) is 0 Å². The molecule has 0 saturated carbocycles. The summed E-state index contributed by atoms with van der Waals surface area (Å²) in [6, 6.07) is 0. The molecule has 0 aliphatic heterocycles. The second-order valence-electron chi connectivity index (χ2n) is 5.93. The third-order valence-corrected chi connectivity index (χ3v) is 2.77. The van der Waals surface area contributed by atoms with Gasteiger partial charge in [0.05, 0.1) is 5.69 Å². The predicted octanol–water partition coefficient (Wildman–Crippen LogP) is 1.71. The molecule has 2 rings (SSSR count). The van der Waals surface area contributed by atoms with Crippen molar-refractivity contribution in [1.29, 1.82) is 0 Å². The Kier molecular flexibility index (Phi) is 3.30. The second kappa shape index (κ2) is 4.64. The number of nitrogen functional groups attached to an aromatic ring is 1. The maximum Gasteiger partial charge on any atom is 0.248 e. The summed E-state index contributed by atoms with van der Waals surface area (Å²) in [6.07, 6.45) is 0. The monoisotopic (exact) mass is 264 g/mol. The first-order chi connectivity index (χ1) is 8.79. The molecular formula is C12H20N6O. The third kappa shape index (κ3) is 2.74. The van der Waals surface area contributed by atoms with E-state index >= 15 is 0 Å². The van der Waals surface area contributed by atoms with Gasteiger partial charge in [-0.15, -0.1) is 5.10 Å². The fourth-order valence-electron chi connectivity index (χ4n) is 1.80. The molecule has 0 saturated heterocycles.